The molecule has 0 unspecified atom stereocenters. The van der Waals surface area contributed by atoms with E-state index in [1.807, 2.05) is 60.7 Å². The van der Waals surface area contributed by atoms with E-state index < -0.39 is 0 Å². The van der Waals surface area contributed by atoms with Crippen LogP contribution in [-0.2, 0) is 5.41 Å². The van der Waals surface area contributed by atoms with Gasteiger partial charge in [-0.25, -0.2) is 15.0 Å². The van der Waals surface area contributed by atoms with Crippen molar-refractivity contribution >= 4 is 43.6 Å². The third kappa shape index (κ3) is 5.28. The summed E-state index contributed by atoms with van der Waals surface area (Å²) in [6.07, 6.45) is 0. The first-order chi connectivity index (χ1) is 26.4. The second-order valence-corrected chi connectivity index (χ2v) is 15.0. The summed E-state index contributed by atoms with van der Waals surface area (Å²) in [6.45, 7) is 6.84. The van der Waals surface area contributed by atoms with Crippen LogP contribution in [0.5, 0.6) is 0 Å². The largest absolute Gasteiger partial charge is 0.309 e. The van der Waals surface area contributed by atoms with E-state index in [-0.39, 0.29) is 5.41 Å². The van der Waals surface area contributed by atoms with Gasteiger partial charge in [-0.2, -0.15) is 0 Å². The number of hydrogen-bond donors (Lipinski definition) is 0. The van der Waals surface area contributed by atoms with E-state index in [2.05, 4.69) is 139 Å². The molecule has 0 aliphatic heterocycles. The Hall–Kier alpha value is -6.85. The summed E-state index contributed by atoms with van der Waals surface area (Å²) < 4.78 is 4.78. The Labute approximate surface area is 313 Å². The number of nitrogens with zero attached hydrogens (tertiary/aromatic N) is 5. The van der Waals surface area contributed by atoms with E-state index in [1.54, 1.807) is 0 Å². The van der Waals surface area contributed by atoms with Crippen molar-refractivity contribution in [3.8, 4) is 45.5 Å². The highest BCUT2D eigenvalue weighted by molar-refractivity contribution is 6.12. The summed E-state index contributed by atoms with van der Waals surface area (Å²) in [5, 5.41) is 4.98. The van der Waals surface area contributed by atoms with Crippen LogP contribution in [0.3, 0.4) is 0 Å². The van der Waals surface area contributed by atoms with Gasteiger partial charge in [-0.15, -0.1) is 0 Å². The average Bonchev–Trinajstić information content (AvgIpc) is 3.73. The molecule has 0 fully saturated rings. The molecule has 54 heavy (non-hydrogen) atoms. The highest BCUT2D eigenvalue weighted by Crippen LogP contribution is 2.38. The lowest BCUT2D eigenvalue weighted by atomic mass is 9.86. The molecule has 10 rings (SSSR count). The zero-order valence-corrected chi connectivity index (χ0v) is 30.4. The van der Waals surface area contributed by atoms with Gasteiger partial charge < -0.3 is 9.13 Å². The number of benzene rings is 7. The quantitative estimate of drug-likeness (QED) is 0.180. The Balaban J connectivity index is 1.10. The Morgan fingerprint density at radius 3 is 1.30 bits per heavy atom. The van der Waals surface area contributed by atoms with E-state index in [9.17, 15) is 0 Å². The summed E-state index contributed by atoms with van der Waals surface area (Å²) in [7, 11) is 0. The molecule has 0 N–H and O–H groups in total. The highest BCUT2D eigenvalue weighted by Gasteiger charge is 2.20. The fourth-order valence-corrected chi connectivity index (χ4v) is 7.79. The minimum Gasteiger partial charge on any atom is -0.309 e. The maximum absolute atomic E-state index is 4.95. The lowest BCUT2D eigenvalue weighted by Crippen LogP contribution is -2.10. The number of fused-ring (bicyclic) bond motifs is 6. The smallest absolute Gasteiger partial charge is 0.164 e. The lowest BCUT2D eigenvalue weighted by Gasteiger charge is -2.19. The molecule has 0 aliphatic rings. The van der Waals surface area contributed by atoms with Crippen molar-refractivity contribution in [1.29, 1.82) is 0 Å². The predicted octanol–water partition coefficient (Wildman–Crippen LogP) is 12.4. The molecule has 3 aromatic heterocycles. The summed E-state index contributed by atoms with van der Waals surface area (Å²) in [6, 6.07) is 60.1. The van der Waals surface area contributed by atoms with Gasteiger partial charge in [0.25, 0.3) is 0 Å². The number of rotatable bonds is 5. The number of aromatic nitrogens is 5. The second-order valence-electron chi connectivity index (χ2n) is 15.0. The van der Waals surface area contributed by atoms with Gasteiger partial charge in [0.05, 0.1) is 22.1 Å². The van der Waals surface area contributed by atoms with Crippen LogP contribution in [0.4, 0.5) is 0 Å². The molecule has 7 aromatic carbocycles. The maximum Gasteiger partial charge on any atom is 0.164 e. The zero-order valence-electron chi connectivity index (χ0n) is 30.4. The van der Waals surface area contributed by atoms with Gasteiger partial charge in [0.1, 0.15) is 0 Å². The minimum absolute atomic E-state index is 0.0673. The first-order valence-electron chi connectivity index (χ1n) is 18.5. The third-order valence-corrected chi connectivity index (χ3v) is 10.5. The van der Waals surface area contributed by atoms with E-state index in [0.29, 0.717) is 17.5 Å². The molecule has 258 valence electrons. The van der Waals surface area contributed by atoms with Crippen LogP contribution in [-0.4, -0.2) is 24.1 Å². The molecule has 0 spiro atoms. The van der Waals surface area contributed by atoms with Crippen molar-refractivity contribution in [2.45, 2.75) is 26.2 Å². The summed E-state index contributed by atoms with van der Waals surface area (Å²) >= 11 is 0. The van der Waals surface area contributed by atoms with Crippen LogP contribution in [0.15, 0.2) is 170 Å². The molecule has 0 atom stereocenters. The van der Waals surface area contributed by atoms with E-state index in [4.69, 9.17) is 15.0 Å². The van der Waals surface area contributed by atoms with Crippen molar-refractivity contribution in [3.05, 3.63) is 175 Å². The van der Waals surface area contributed by atoms with Gasteiger partial charge >= 0.3 is 0 Å². The molecule has 5 heteroatoms. The molecule has 0 saturated carbocycles. The standard InChI is InChI=1S/C49H37N5/c1-49(2,3)35-24-28-44-40(30-35)38-18-10-13-21-43(38)54(44)37-27-29-45-41(31-37)39-19-11-12-20-42(39)53(45)36-25-22-34(23-26-36)48-51-46(32-14-6-4-7-15-32)50-47(52-48)33-16-8-5-9-17-33/h4-31H,1-3H3. The second kappa shape index (κ2) is 12.4. The van der Waals surface area contributed by atoms with Crippen LogP contribution in [0.2, 0.25) is 0 Å². The summed E-state index contributed by atoms with van der Waals surface area (Å²) in [4.78, 5) is 14.8. The monoisotopic (exact) mass is 695 g/mol. The Bertz CT molecular complexity index is 2950. The average molecular weight is 696 g/mol. The molecule has 0 radical (unpaired) electrons. The van der Waals surface area contributed by atoms with Crippen molar-refractivity contribution in [1.82, 2.24) is 24.1 Å². The van der Waals surface area contributed by atoms with Gasteiger partial charge in [-0.05, 0) is 77.7 Å². The topological polar surface area (TPSA) is 48.5 Å². The first kappa shape index (κ1) is 31.9. The highest BCUT2D eigenvalue weighted by atomic mass is 15.0. The Kier molecular flexibility index (Phi) is 7.31. The normalized spacial score (nSPS) is 12.0. The number of para-hydroxylation sites is 2. The van der Waals surface area contributed by atoms with Gasteiger partial charge in [-0.1, -0.05) is 124 Å². The molecule has 0 saturated heterocycles. The molecule has 5 nitrogen and oxygen atoms in total. The molecular formula is C49H37N5. The third-order valence-electron chi connectivity index (χ3n) is 10.5. The van der Waals surface area contributed by atoms with Crippen molar-refractivity contribution < 1.29 is 0 Å². The molecule has 0 amide bonds. The molecular weight excluding hydrogens is 659 g/mol. The minimum atomic E-state index is 0.0673. The molecule has 0 bridgehead atoms. The van der Waals surface area contributed by atoms with Gasteiger partial charge in [0.15, 0.2) is 17.5 Å². The molecule has 10 aromatic rings. The Morgan fingerprint density at radius 1 is 0.352 bits per heavy atom. The molecule has 0 aliphatic carbocycles. The number of hydrogen-bond acceptors (Lipinski definition) is 3. The first-order valence-corrected chi connectivity index (χ1v) is 18.5. The van der Waals surface area contributed by atoms with E-state index >= 15 is 0 Å². The van der Waals surface area contributed by atoms with Gasteiger partial charge in [-0.3, -0.25) is 0 Å². The Morgan fingerprint density at radius 2 is 0.759 bits per heavy atom. The fourth-order valence-electron chi connectivity index (χ4n) is 7.79. The van der Waals surface area contributed by atoms with Gasteiger partial charge in [0, 0.05) is 49.6 Å². The van der Waals surface area contributed by atoms with E-state index in [0.717, 1.165) is 39.1 Å². The SMILES string of the molecule is CC(C)(C)c1ccc2c(c1)c1ccccc1n2-c1ccc2c(c1)c1ccccc1n2-c1ccc(-c2nc(-c3ccccc3)nc(-c3ccccc3)n2)cc1. The predicted molar refractivity (Wildman–Crippen MR) is 224 cm³/mol. The molecule has 3 heterocycles. The van der Waals surface area contributed by atoms with Crippen molar-refractivity contribution in [3.63, 3.8) is 0 Å². The van der Waals surface area contributed by atoms with Crippen LogP contribution in [0, 0.1) is 0 Å². The summed E-state index contributed by atoms with van der Waals surface area (Å²) in [5.41, 5.74) is 11.2. The maximum atomic E-state index is 4.95. The lowest BCUT2D eigenvalue weighted by molar-refractivity contribution is 0.591. The van der Waals surface area contributed by atoms with Crippen LogP contribution in [0.25, 0.3) is 89.2 Å². The van der Waals surface area contributed by atoms with Crippen molar-refractivity contribution in [2.75, 3.05) is 0 Å². The summed E-state index contributed by atoms with van der Waals surface area (Å²) in [5.74, 6) is 1.95. The zero-order chi connectivity index (χ0) is 36.4. The van der Waals surface area contributed by atoms with Gasteiger partial charge in [0.2, 0.25) is 0 Å². The van der Waals surface area contributed by atoms with Crippen LogP contribution in [0.1, 0.15) is 26.3 Å². The van der Waals surface area contributed by atoms with E-state index in [1.165, 1.54) is 38.1 Å². The van der Waals surface area contributed by atoms with Crippen LogP contribution >= 0.6 is 0 Å². The van der Waals surface area contributed by atoms with Crippen molar-refractivity contribution in [2.24, 2.45) is 0 Å². The fraction of sp³-hybridized carbons (Fsp3) is 0.0816. The van der Waals surface area contributed by atoms with Crippen LogP contribution < -0.4 is 0 Å².